The van der Waals surface area contributed by atoms with Gasteiger partial charge < -0.3 is 20.5 Å². The van der Waals surface area contributed by atoms with Gasteiger partial charge in [-0.3, -0.25) is 4.79 Å². The zero-order valence-corrected chi connectivity index (χ0v) is 18.3. The molecule has 1 aliphatic rings. The fourth-order valence-corrected chi connectivity index (χ4v) is 3.55. The highest BCUT2D eigenvalue weighted by molar-refractivity contribution is 7.59. The van der Waals surface area contributed by atoms with Gasteiger partial charge in [0.05, 0.1) is 12.6 Å². The number of halogens is 2. The van der Waals surface area contributed by atoms with E-state index in [4.69, 9.17) is 5.73 Å². The van der Waals surface area contributed by atoms with Gasteiger partial charge in [-0.2, -0.15) is 13.5 Å². The van der Waals surface area contributed by atoms with Crippen LogP contribution in [0, 0.1) is 18.6 Å². The molecule has 0 aliphatic carbocycles. The summed E-state index contributed by atoms with van der Waals surface area (Å²) in [5.74, 6) is -0.665. The number of fused-ring (bicyclic) bond motifs is 1. The van der Waals surface area contributed by atoms with Crippen molar-refractivity contribution in [1.82, 2.24) is 14.5 Å². The highest BCUT2D eigenvalue weighted by atomic mass is 32.1. The average Bonchev–Trinajstić information content (AvgIpc) is 3.08. The van der Waals surface area contributed by atoms with Gasteiger partial charge >= 0.3 is 0 Å². The van der Waals surface area contributed by atoms with Crippen LogP contribution in [0.25, 0.3) is 11.3 Å². The van der Waals surface area contributed by atoms with E-state index in [1.54, 1.807) is 11.8 Å². The average molecular weight is 446 g/mol. The summed E-state index contributed by atoms with van der Waals surface area (Å²) >= 11 is 0. The molecule has 0 saturated carbocycles. The lowest BCUT2D eigenvalue weighted by atomic mass is 10.1. The van der Waals surface area contributed by atoms with Crippen LogP contribution in [0.15, 0.2) is 42.5 Å². The highest BCUT2D eigenvalue weighted by Gasteiger charge is 2.28. The lowest BCUT2D eigenvalue weighted by Crippen LogP contribution is -2.45. The van der Waals surface area contributed by atoms with E-state index in [1.165, 1.54) is 6.07 Å². The van der Waals surface area contributed by atoms with Gasteiger partial charge in [-0.25, -0.2) is 13.8 Å². The lowest BCUT2D eigenvalue weighted by molar-refractivity contribution is -0.133. The van der Waals surface area contributed by atoms with Gasteiger partial charge in [-0.05, 0) is 44.2 Å². The van der Waals surface area contributed by atoms with Crippen LogP contribution in [0.1, 0.15) is 18.3 Å². The molecule has 0 unspecified atom stereocenters. The number of benzene rings is 2. The molecule has 3 aromatic rings. The maximum absolute atomic E-state index is 13.9. The monoisotopic (exact) mass is 445 g/mol. The minimum atomic E-state index is -0.937. The molecule has 2 heterocycles. The summed E-state index contributed by atoms with van der Waals surface area (Å²) in [4.78, 5) is 18.7. The molecule has 0 radical (unpaired) electrons. The number of rotatable bonds is 4. The molecule has 2 aromatic carbocycles. The van der Waals surface area contributed by atoms with Crippen molar-refractivity contribution in [2.24, 2.45) is 5.73 Å². The Morgan fingerprint density at radius 2 is 1.84 bits per heavy atom. The lowest BCUT2D eigenvalue weighted by Gasteiger charge is -2.29. The van der Waals surface area contributed by atoms with Crippen molar-refractivity contribution in [2.75, 3.05) is 11.9 Å². The van der Waals surface area contributed by atoms with E-state index in [-0.39, 0.29) is 19.4 Å². The minimum Gasteiger partial charge on any atom is -0.340 e. The fourth-order valence-electron chi connectivity index (χ4n) is 3.55. The number of anilines is 2. The second-order valence-electron chi connectivity index (χ2n) is 7.55. The van der Waals surface area contributed by atoms with E-state index in [9.17, 15) is 13.6 Å². The van der Waals surface area contributed by atoms with Gasteiger partial charge in [-0.1, -0.05) is 17.7 Å². The normalized spacial score (nSPS) is 13.9. The largest absolute Gasteiger partial charge is 0.340 e. The number of amides is 1. The number of carbonyl (C=O) groups excluding carboxylic acids is 1. The first-order valence-corrected chi connectivity index (χ1v) is 9.76. The summed E-state index contributed by atoms with van der Waals surface area (Å²) in [6.07, 6.45) is 0. The number of nitrogens with zero attached hydrogens (tertiary/aromatic N) is 3. The Hall–Kier alpha value is -2.91. The third-order valence-electron chi connectivity index (χ3n) is 5.18. The standard InChI is InChI=1S/C22H23F2N5O.H2S/c1-13-3-6-16(7-4-13)26-21-20(15-5-8-17(23)18(24)11-15)27-19-12-28(9-10-29(19)21)22(30)14(2)25;/h3-8,11,14,26H,9-10,12,25H2,1-2H3;1H2/t14-;/m0./s1. The molecule has 9 heteroatoms. The molecule has 3 N–H and O–H groups in total. The maximum atomic E-state index is 13.9. The van der Waals surface area contributed by atoms with Gasteiger partial charge in [0.2, 0.25) is 5.91 Å². The van der Waals surface area contributed by atoms with E-state index in [2.05, 4.69) is 10.3 Å². The van der Waals surface area contributed by atoms with Crippen LogP contribution in [-0.2, 0) is 17.9 Å². The molecule has 1 aromatic heterocycles. The number of imidazole rings is 1. The van der Waals surface area contributed by atoms with Crippen molar-refractivity contribution in [1.29, 1.82) is 0 Å². The summed E-state index contributed by atoms with van der Waals surface area (Å²) < 4.78 is 29.4. The van der Waals surface area contributed by atoms with Crippen LogP contribution in [0.3, 0.4) is 0 Å². The molecule has 31 heavy (non-hydrogen) atoms. The summed E-state index contributed by atoms with van der Waals surface area (Å²) in [5.41, 5.74) is 8.68. The fraction of sp³-hybridized carbons (Fsp3) is 0.273. The first kappa shape index (κ1) is 22.8. The van der Waals surface area contributed by atoms with Gasteiger partial charge in [0.1, 0.15) is 17.3 Å². The Morgan fingerprint density at radius 1 is 1.13 bits per heavy atom. The van der Waals surface area contributed by atoms with Crippen LogP contribution >= 0.6 is 13.5 Å². The first-order chi connectivity index (χ1) is 14.3. The predicted octanol–water partition coefficient (Wildman–Crippen LogP) is 3.68. The second kappa shape index (κ2) is 9.07. The molecular formula is C22H25F2N5OS. The van der Waals surface area contributed by atoms with Gasteiger partial charge in [0, 0.05) is 24.3 Å². The number of nitrogens with one attached hydrogen (secondary N) is 1. The van der Waals surface area contributed by atoms with Crippen LogP contribution in [0.2, 0.25) is 0 Å². The quantitative estimate of drug-likeness (QED) is 0.642. The van der Waals surface area contributed by atoms with Crippen molar-refractivity contribution in [3.63, 3.8) is 0 Å². The topological polar surface area (TPSA) is 76.2 Å². The molecular weight excluding hydrogens is 420 g/mol. The van der Waals surface area contributed by atoms with Gasteiger partial charge in [0.15, 0.2) is 11.6 Å². The van der Waals surface area contributed by atoms with Crippen LogP contribution in [0.4, 0.5) is 20.3 Å². The molecule has 0 spiro atoms. The molecule has 0 fully saturated rings. The first-order valence-electron chi connectivity index (χ1n) is 9.76. The smallest absolute Gasteiger partial charge is 0.239 e. The Kier molecular flexibility index (Phi) is 6.66. The van der Waals surface area contributed by atoms with Crippen LogP contribution in [0.5, 0.6) is 0 Å². The third-order valence-corrected chi connectivity index (χ3v) is 5.18. The second-order valence-corrected chi connectivity index (χ2v) is 7.55. The zero-order valence-electron chi connectivity index (χ0n) is 17.3. The van der Waals surface area contributed by atoms with Crippen molar-refractivity contribution in [2.45, 2.75) is 33.0 Å². The van der Waals surface area contributed by atoms with E-state index in [0.29, 0.717) is 42.5 Å². The van der Waals surface area contributed by atoms with Crippen molar-refractivity contribution < 1.29 is 13.6 Å². The SMILES string of the molecule is Cc1ccc(Nc2c(-c3ccc(F)c(F)c3)nc3n2CCN(C(=O)[C@H](C)N)C3)cc1.S. The number of nitrogens with two attached hydrogens (primary N) is 1. The summed E-state index contributed by atoms with van der Waals surface area (Å²) in [7, 11) is 0. The minimum absolute atomic E-state index is 0. The van der Waals surface area contributed by atoms with Crippen molar-refractivity contribution >= 4 is 30.9 Å². The number of hydrogen-bond acceptors (Lipinski definition) is 4. The summed E-state index contributed by atoms with van der Waals surface area (Å²) in [5, 5.41) is 3.36. The number of aryl methyl sites for hydroxylation is 1. The molecule has 0 saturated heterocycles. The molecule has 0 bridgehead atoms. The summed E-state index contributed by atoms with van der Waals surface area (Å²) in [6, 6.07) is 11.0. The number of hydrogen-bond donors (Lipinski definition) is 2. The Bertz CT molecular complexity index is 1100. The Labute approximate surface area is 186 Å². The van der Waals surface area contributed by atoms with E-state index in [1.807, 2.05) is 35.8 Å². The Morgan fingerprint density at radius 3 is 2.48 bits per heavy atom. The van der Waals surface area contributed by atoms with Gasteiger partial charge in [-0.15, -0.1) is 0 Å². The van der Waals surface area contributed by atoms with Crippen molar-refractivity contribution in [3.8, 4) is 11.3 Å². The third kappa shape index (κ3) is 4.57. The van der Waals surface area contributed by atoms with E-state index >= 15 is 0 Å². The maximum Gasteiger partial charge on any atom is 0.239 e. The highest BCUT2D eigenvalue weighted by Crippen LogP contribution is 2.34. The molecule has 4 rings (SSSR count). The zero-order chi connectivity index (χ0) is 21.4. The van der Waals surface area contributed by atoms with E-state index in [0.717, 1.165) is 23.4 Å². The van der Waals surface area contributed by atoms with Crippen molar-refractivity contribution in [3.05, 3.63) is 65.5 Å². The van der Waals surface area contributed by atoms with Gasteiger partial charge in [0.25, 0.3) is 0 Å². The summed E-state index contributed by atoms with van der Waals surface area (Å²) in [6.45, 7) is 4.95. The molecule has 1 amide bonds. The molecule has 1 atom stereocenters. The molecule has 6 nitrogen and oxygen atoms in total. The number of aromatic nitrogens is 2. The van der Waals surface area contributed by atoms with Crippen LogP contribution < -0.4 is 11.1 Å². The Balaban J connectivity index is 0.00000272. The van der Waals surface area contributed by atoms with Crippen LogP contribution in [-0.4, -0.2) is 32.9 Å². The molecule has 1 aliphatic heterocycles. The molecule has 164 valence electrons. The number of carbonyl (C=O) groups is 1. The van der Waals surface area contributed by atoms with E-state index < -0.39 is 17.7 Å². The predicted molar refractivity (Wildman–Crippen MR) is 121 cm³/mol.